The van der Waals surface area contributed by atoms with Gasteiger partial charge >= 0.3 is 0 Å². The van der Waals surface area contributed by atoms with Crippen molar-refractivity contribution in [3.05, 3.63) is 58.6 Å². The van der Waals surface area contributed by atoms with E-state index >= 15 is 0 Å². The van der Waals surface area contributed by atoms with E-state index in [0.29, 0.717) is 12.3 Å². The van der Waals surface area contributed by atoms with Crippen molar-refractivity contribution >= 4 is 27.5 Å². The number of piperazine rings is 1. The van der Waals surface area contributed by atoms with Crippen LogP contribution in [0.4, 0.5) is 5.69 Å². The summed E-state index contributed by atoms with van der Waals surface area (Å²) in [6.45, 7) is 5.59. The molecule has 1 aliphatic heterocycles. The minimum absolute atomic E-state index is 0.0156. The monoisotopic (exact) mass is 417 g/mol. The molecule has 1 heterocycles. The van der Waals surface area contributed by atoms with Crippen LogP contribution >= 0.6 is 15.9 Å². The summed E-state index contributed by atoms with van der Waals surface area (Å²) in [5, 5.41) is 13.0. The Morgan fingerprint density at radius 1 is 1.12 bits per heavy atom. The van der Waals surface area contributed by atoms with Gasteiger partial charge in [-0.3, -0.25) is 9.69 Å². The fourth-order valence-corrected chi connectivity index (χ4v) is 3.47. The summed E-state index contributed by atoms with van der Waals surface area (Å²) < 4.78 is 1.03. The Morgan fingerprint density at radius 2 is 1.77 bits per heavy atom. The fraction of sp³-hybridized carbons (Fsp3) is 0.350. The first-order valence-electron chi connectivity index (χ1n) is 8.83. The van der Waals surface area contributed by atoms with Crippen molar-refractivity contribution in [2.75, 3.05) is 37.6 Å². The van der Waals surface area contributed by atoms with Crippen molar-refractivity contribution in [2.45, 2.75) is 13.0 Å². The van der Waals surface area contributed by atoms with E-state index in [4.69, 9.17) is 0 Å². The van der Waals surface area contributed by atoms with Crippen molar-refractivity contribution in [3.63, 3.8) is 0 Å². The Labute approximate surface area is 162 Å². The quantitative estimate of drug-likeness (QED) is 0.784. The number of hydrogen-bond donors (Lipinski definition) is 2. The fourth-order valence-electron chi connectivity index (χ4n) is 3.20. The van der Waals surface area contributed by atoms with Gasteiger partial charge in [-0.1, -0.05) is 40.2 Å². The minimum atomic E-state index is -0.0156. The molecule has 1 fully saturated rings. The predicted octanol–water partition coefficient (Wildman–Crippen LogP) is 3.15. The van der Waals surface area contributed by atoms with Gasteiger partial charge in [0.25, 0.3) is 0 Å². The Bertz CT molecular complexity index is 743. The summed E-state index contributed by atoms with van der Waals surface area (Å²) in [6, 6.07) is 15.4. The number of nitrogens with one attached hydrogen (secondary N) is 1. The Balaban J connectivity index is 1.47. The van der Waals surface area contributed by atoms with E-state index in [9.17, 15) is 9.90 Å². The third kappa shape index (κ3) is 4.77. The number of aromatic hydroxyl groups is 1. The van der Waals surface area contributed by atoms with Crippen LogP contribution in [0.25, 0.3) is 0 Å². The SMILES string of the molecule is C[C@@H](NC(=O)CN1CCN(c2ccccc2O)CC1)c1ccc(Br)cc1. The zero-order chi connectivity index (χ0) is 18.5. The second-order valence-corrected chi connectivity index (χ2v) is 7.51. The molecule has 0 unspecified atom stereocenters. The normalized spacial score (nSPS) is 16.3. The largest absolute Gasteiger partial charge is 0.506 e. The molecule has 5 nitrogen and oxygen atoms in total. The third-order valence-corrected chi connectivity index (χ3v) is 5.24. The molecule has 3 rings (SSSR count). The van der Waals surface area contributed by atoms with Crippen molar-refractivity contribution in [1.82, 2.24) is 10.2 Å². The lowest BCUT2D eigenvalue weighted by molar-refractivity contribution is -0.123. The molecule has 0 radical (unpaired) electrons. The van der Waals surface area contributed by atoms with Crippen LogP contribution in [-0.4, -0.2) is 48.6 Å². The molecule has 1 saturated heterocycles. The molecule has 2 aromatic carbocycles. The molecule has 0 aromatic heterocycles. The first-order valence-corrected chi connectivity index (χ1v) is 9.62. The summed E-state index contributed by atoms with van der Waals surface area (Å²) in [5.41, 5.74) is 1.95. The van der Waals surface area contributed by atoms with Gasteiger partial charge in [0.15, 0.2) is 0 Å². The van der Waals surface area contributed by atoms with Gasteiger partial charge in [-0.2, -0.15) is 0 Å². The highest BCUT2D eigenvalue weighted by molar-refractivity contribution is 9.10. The molecular formula is C20H24BrN3O2. The van der Waals surface area contributed by atoms with Gasteiger partial charge in [-0.15, -0.1) is 0 Å². The van der Waals surface area contributed by atoms with Crippen molar-refractivity contribution < 1.29 is 9.90 Å². The molecular weight excluding hydrogens is 394 g/mol. The molecule has 26 heavy (non-hydrogen) atoms. The molecule has 0 spiro atoms. The summed E-state index contributed by atoms with van der Waals surface area (Å²) in [5.74, 6) is 0.346. The smallest absolute Gasteiger partial charge is 0.234 e. The average Bonchev–Trinajstić information content (AvgIpc) is 2.63. The van der Waals surface area contributed by atoms with E-state index < -0.39 is 0 Å². The molecule has 0 aliphatic carbocycles. The van der Waals surface area contributed by atoms with E-state index in [2.05, 4.69) is 31.0 Å². The van der Waals surface area contributed by atoms with Crippen molar-refractivity contribution in [1.29, 1.82) is 0 Å². The predicted molar refractivity (Wildman–Crippen MR) is 107 cm³/mol. The number of benzene rings is 2. The molecule has 1 aliphatic rings. The number of anilines is 1. The number of carbonyl (C=O) groups is 1. The Hall–Kier alpha value is -2.05. The summed E-state index contributed by atoms with van der Waals surface area (Å²) in [7, 11) is 0. The molecule has 2 N–H and O–H groups in total. The highest BCUT2D eigenvalue weighted by atomic mass is 79.9. The van der Waals surface area contributed by atoms with Crippen LogP contribution in [0.1, 0.15) is 18.5 Å². The lowest BCUT2D eigenvalue weighted by Crippen LogP contribution is -2.49. The van der Waals surface area contributed by atoms with Crippen LogP contribution in [0.2, 0.25) is 0 Å². The maximum atomic E-state index is 12.4. The van der Waals surface area contributed by atoms with Crippen LogP contribution < -0.4 is 10.2 Å². The molecule has 1 amide bonds. The molecule has 6 heteroatoms. The highest BCUT2D eigenvalue weighted by Gasteiger charge is 2.21. The molecule has 2 aromatic rings. The molecule has 138 valence electrons. The molecule has 0 bridgehead atoms. The number of nitrogens with zero attached hydrogens (tertiary/aromatic N) is 2. The second-order valence-electron chi connectivity index (χ2n) is 6.59. The van der Waals surface area contributed by atoms with E-state index in [1.807, 2.05) is 49.4 Å². The van der Waals surface area contributed by atoms with E-state index in [1.54, 1.807) is 6.07 Å². The lowest BCUT2D eigenvalue weighted by atomic mass is 10.1. The first-order chi connectivity index (χ1) is 12.5. The van der Waals surface area contributed by atoms with Gasteiger partial charge in [-0.05, 0) is 36.8 Å². The Morgan fingerprint density at radius 3 is 2.42 bits per heavy atom. The van der Waals surface area contributed by atoms with E-state index in [-0.39, 0.29) is 11.9 Å². The van der Waals surface area contributed by atoms with Crippen molar-refractivity contribution in [3.8, 4) is 5.75 Å². The lowest BCUT2D eigenvalue weighted by Gasteiger charge is -2.36. The van der Waals surface area contributed by atoms with Gasteiger partial charge in [0.1, 0.15) is 5.75 Å². The number of phenolic OH excluding ortho intramolecular Hbond substituents is 1. The maximum absolute atomic E-state index is 12.4. The average molecular weight is 418 g/mol. The van der Waals surface area contributed by atoms with Gasteiger partial charge in [0.05, 0.1) is 18.3 Å². The van der Waals surface area contributed by atoms with Crippen LogP contribution in [0.15, 0.2) is 53.0 Å². The van der Waals surface area contributed by atoms with Crippen LogP contribution in [-0.2, 0) is 4.79 Å². The first kappa shape index (κ1) is 18.7. The highest BCUT2D eigenvalue weighted by Crippen LogP contribution is 2.27. The van der Waals surface area contributed by atoms with Gasteiger partial charge < -0.3 is 15.3 Å². The van der Waals surface area contributed by atoms with Crippen LogP contribution in [0.5, 0.6) is 5.75 Å². The van der Waals surface area contributed by atoms with E-state index in [0.717, 1.165) is 41.9 Å². The zero-order valence-corrected chi connectivity index (χ0v) is 16.4. The second kappa shape index (κ2) is 8.56. The number of para-hydroxylation sites is 2. The minimum Gasteiger partial charge on any atom is -0.506 e. The number of carbonyl (C=O) groups excluding carboxylic acids is 1. The van der Waals surface area contributed by atoms with Gasteiger partial charge in [-0.25, -0.2) is 0 Å². The van der Waals surface area contributed by atoms with Gasteiger partial charge in [0, 0.05) is 30.7 Å². The summed E-state index contributed by atoms with van der Waals surface area (Å²) >= 11 is 3.42. The zero-order valence-electron chi connectivity index (χ0n) is 14.9. The summed E-state index contributed by atoms with van der Waals surface area (Å²) in [4.78, 5) is 16.7. The van der Waals surface area contributed by atoms with Gasteiger partial charge in [0.2, 0.25) is 5.91 Å². The van der Waals surface area contributed by atoms with E-state index in [1.165, 1.54) is 0 Å². The number of rotatable bonds is 5. The van der Waals surface area contributed by atoms with Crippen LogP contribution in [0.3, 0.4) is 0 Å². The number of amides is 1. The maximum Gasteiger partial charge on any atom is 0.234 e. The standard InChI is InChI=1S/C20H24BrN3O2/c1-15(16-6-8-17(21)9-7-16)22-20(26)14-23-10-12-24(13-11-23)18-4-2-3-5-19(18)25/h2-9,15,25H,10-14H2,1H3,(H,22,26)/t15-/m1/s1. The number of phenols is 1. The summed E-state index contributed by atoms with van der Waals surface area (Å²) in [6.07, 6.45) is 0. The molecule has 0 saturated carbocycles. The van der Waals surface area contributed by atoms with Crippen LogP contribution in [0, 0.1) is 0 Å². The molecule has 1 atom stereocenters. The Kier molecular flexibility index (Phi) is 6.16. The number of halogens is 1. The topological polar surface area (TPSA) is 55.8 Å². The number of hydrogen-bond acceptors (Lipinski definition) is 4. The third-order valence-electron chi connectivity index (χ3n) is 4.71. The van der Waals surface area contributed by atoms with Crippen molar-refractivity contribution in [2.24, 2.45) is 0 Å².